The van der Waals surface area contributed by atoms with Crippen LogP contribution in [0.1, 0.15) is 11.7 Å². The van der Waals surface area contributed by atoms with Crippen molar-refractivity contribution in [2.45, 2.75) is 9.90 Å². The van der Waals surface area contributed by atoms with E-state index in [1.807, 2.05) is 0 Å². The highest BCUT2D eigenvalue weighted by atomic mass is 35.6. The van der Waals surface area contributed by atoms with Gasteiger partial charge in [-0.2, -0.15) is 0 Å². The molecule has 1 aromatic rings. The molecule has 3 nitrogen and oxygen atoms in total. The number of hydrogen-bond donors (Lipinski definition) is 2. The normalized spacial score (nSPS) is 13.7. The molecule has 1 rings (SSSR count). The van der Waals surface area contributed by atoms with E-state index in [4.69, 9.17) is 39.5 Å². The molecular formula is C9H9Cl3O3. The number of methoxy groups -OCH3 is 1. The van der Waals surface area contributed by atoms with E-state index in [-0.39, 0.29) is 11.5 Å². The highest BCUT2D eigenvalue weighted by Gasteiger charge is 2.32. The van der Waals surface area contributed by atoms with Crippen LogP contribution in [0.15, 0.2) is 18.2 Å². The number of aliphatic hydroxyl groups is 1. The number of ether oxygens (including phenoxy) is 1. The Bertz CT molecular complexity index is 349. The Balaban J connectivity index is 3.06. The minimum atomic E-state index is -1.82. The van der Waals surface area contributed by atoms with Crippen molar-refractivity contribution in [3.05, 3.63) is 23.8 Å². The third-order valence-corrected chi connectivity index (χ3v) is 2.45. The van der Waals surface area contributed by atoms with E-state index in [0.29, 0.717) is 5.56 Å². The Morgan fingerprint density at radius 3 is 2.40 bits per heavy atom. The van der Waals surface area contributed by atoms with Crippen molar-refractivity contribution >= 4 is 34.8 Å². The predicted molar refractivity (Wildman–Crippen MR) is 59.9 cm³/mol. The molecule has 0 amide bonds. The van der Waals surface area contributed by atoms with E-state index in [1.54, 1.807) is 0 Å². The van der Waals surface area contributed by atoms with Gasteiger partial charge in [-0.05, 0) is 17.7 Å². The van der Waals surface area contributed by atoms with Crippen LogP contribution in [-0.4, -0.2) is 21.1 Å². The van der Waals surface area contributed by atoms with Crippen molar-refractivity contribution in [3.8, 4) is 11.5 Å². The Morgan fingerprint density at radius 2 is 1.93 bits per heavy atom. The van der Waals surface area contributed by atoms with Crippen LogP contribution < -0.4 is 4.74 Å². The lowest BCUT2D eigenvalue weighted by atomic mass is 10.1. The summed E-state index contributed by atoms with van der Waals surface area (Å²) in [5.41, 5.74) is 0.352. The average molecular weight is 272 g/mol. The fourth-order valence-corrected chi connectivity index (χ4v) is 1.43. The molecule has 0 aliphatic heterocycles. The van der Waals surface area contributed by atoms with Gasteiger partial charge in [-0.1, -0.05) is 40.9 Å². The van der Waals surface area contributed by atoms with Crippen LogP contribution in [0.2, 0.25) is 0 Å². The van der Waals surface area contributed by atoms with Crippen LogP contribution in [-0.2, 0) is 0 Å². The summed E-state index contributed by atoms with van der Waals surface area (Å²) < 4.78 is 3.04. The van der Waals surface area contributed by atoms with E-state index in [1.165, 1.54) is 25.3 Å². The predicted octanol–water partition coefficient (Wildman–Crippen LogP) is 2.80. The largest absolute Gasteiger partial charge is 0.504 e. The van der Waals surface area contributed by atoms with Crippen molar-refractivity contribution in [1.29, 1.82) is 0 Å². The lowest BCUT2D eigenvalue weighted by Crippen LogP contribution is -2.16. The lowest BCUT2D eigenvalue weighted by molar-refractivity contribution is 0.182. The van der Waals surface area contributed by atoms with Crippen molar-refractivity contribution < 1.29 is 14.9 Å². The van der Waals surface area contributed by atoms with Crippen LogP contribution in [0.25, 0.3) is 0 Å². The molecule has 0 aliphatic carbocycles. The second-order valence-electron chi connectivity index (χ2n) is 2.88. The molecule has 6 heteroatoms. The summed E-state index contributed by atoms with van der Waals surface area (Å²) in [6.45, 7) is 0. The van der Waals surface area contributed by atoms with Gasteiger partial charge in [-0.25, -0.2) is 0 Å². The number of phenolic OH excluding ortho intramolecular Hbond substituents is 1. The summed E-state index contributed by atoms with van der Waals surface area (Å²) in [5.74, 6) is 0.165. The zero-order valence-electron chi connectivity index (χ0n) is 7.75. The van der Waals surface area contributed by atoms with Gasteiger partial charge in [0.05, 0.1) is 7.11 Å². The van der Waals surface area contributed by atoms with Crippen LogP contribution in [0.3, 0.4) is 0 Å². The summed E-state index contributed by atoms with van der Waals surface area (Å²) >= 11 is 16.6. The molecule has 0 heterocycles. The molecule has 0 aliphatic rings. The molecule has 0 saturated carbocycles. The standard InChI is InChI=1S/C9H9Cl3O3/c1-15-7-4-5(2-3-6(7)13)8(14)9(10,11)12/h2-4,8,13-14H,1H3. The van der Waals surface area contributed by atoms with E-state index in [0.717, 1.165) is 0 Å². The molecule has 1 atom stereocenters. The van der Waals surface area contributed by atoms with Crippen LogP contribution in [0.4, 0.5) is 0 Å². The van der Waals surface area contributed by atoms with E-state index in [9.17, 15) is 10.2 Å². The fraction of sp³-hybridized carbons (Fsp3) is 0.333. The van der Waals surface area contributed by atoms with Gasteiger partial charge in [-0.3, -0.25) is 0 Å². The number of aliphatic hydroxyl groups excluding tert-OH is 1. The lowest BCUT2D eigenvalue weighted by Gasteiger charge is -2.19. The smallest absolute Gasteiger partial charge is 0.220 e. The minimum Gasteiger partial charge on any atom is -0.504 e. The molecule has 1 aromatic carbocycles. The number of rotatable bonds is 2. The van der Waals surface area contributed by atoms with Crippen molar-refractivity contribution in [1.82, 2.24) is 0 Å². The third kappa shape index (κ3) is 3.05. The first kappa shape index (κ1) is 12.7. The van der Waals surface area contributed by atoms with Crippen molar-refractivity contribution in [3.63, 3.8) is 0 Å². The first-order valence-electron chi connectivity index (χ1n) is 3.98. The molecule has 0 fully saturated rings. The molecular weight excluding hydrogens is 262 g/mol. The van der Waals surface area contributed by atoms with Gasteiger partial charge in [0, 0.05) is 0 Å². The number of benzene rings is 1. The topological polar surface area (TPSA) is 49.7 Å². The highest BCUT2D eigenvalue weighted by molar-refractivity contribution is 6.68. The van der Waals surface area contributed by atoms with Crippen molar-refractivity contribution in [2.24, 2.45) is 0 Å². The molecule has 0 saturated heterocycles. The maximum Gasteiger partial charge on any atom is 0.220 e. The van der Waals surface area contributed by atoms with Gasteiger partial charge in [0.15, 0.2) is 11.5 Å². The summed E-state index contributed by atoms with van der Waals surface area (Å²) in [6.07, 6.45) is -1.28. The van der Waals surface area contributed by atoms with Gasteiger partial charge >= 0.3 is 0 Å². The highest BCUT2D eigenvalue weighted by Crippen LogP contribution is 2.41. The first-order valence-corrected chi connectivity index (χ1v) is 5.11. The summed E-state index contributed by atoms with van der Waals surface area (Å²) in [6, 6.07) is 4.21. The Morgan fingerprint density at radius 1 is 1.33 bits per heavy atom. The second kappa shape index (κ2) is 4.66. The summed E-state index contributed by atoms with van der Waals surface area (Å²) in [5, 5.41) is 18.9. The molecule has 84 valence electrons. The maximum absolute atomic E-state index is 9.63. The number of halogens is 3. The third-order valence-electron chi connectivity index (χ3n) is 1.83. The quantitative estimate of drug-likeness (QED) is 0.813. The number of hydrogen-bond acceptors (Lipinski definition) is 3. The van der Waals surface area contributed by atoms with Gasteiger partial charge in [0.25, 0.3) is 0 Å². The number of phenols is 1. The van der Waals surface area contributed by atoms with E-state index < -0.39 is 9.90 Å². The van der Waals surface area contributed by atoms with E-state index >= 15 is 0 Å². The van der Waals surface area contributed by atoms with Crippen molar-refractivity contribution in [2.75, 3.05) is 7.11 Å². The van der Waals surface area contributed by atoms with Gasteiger partial charge in [0.2, 0.25) is 3.79 Å². The van der Waals surface area contributed by atoms with E-state index in [2.05, 4.69) is 0 Å². The minimum absolute atomic E-state index is 0.0437. The monoisotopic (exact) mass is 270 g/mol. The Labute approximate surface area is 102 Å². The Kier molecular flexibility index (Phi) is 3.95. The second-order valence-corrected chi connectivity index (χ2v) is 5.24. The molecule has 0 bridgehead atoms. The molecule has 0 aromatic heterocycles. The maximum atomic E-state index is 9.63. The number of alkyl halides is 3. The van der Waals surface area contributed by atoms with Gasteiger partial charge in [0.1, 0.15) is 6.10 Å². The van der Waals surface area contributed by atoms with Crippen LogP contribution in [0, 0.1) is 0 Å². The first-order chi connectivity index (χ1) is 6.86. The Hall–Kier alpha value is -0.350. The average Bonchev–Trinajstić information content (AvgIpc) is 2.16. The zero-order valence-corrected chi connectivity index (χ0v) is 10.0. The zero-order chi connectivity index (χ0) is 11.6. The molecule has 0 radical (unpaired) electrons. The summed E-state index contributed by atoms with van der Waals surface area (Å²) in [4.78, 5) is 0. The molecule has 0 spiro atoms. The fourth-order valence-electron chi connectivity index (χ4n) is 1.05. The van der Waals surface area contributed by atoms with Crippen LogP contribution >= 0.6 is 34.8 Å². The van der Waals surface area contributed by atoms with Crippen LogP contribution in [0.5, 0.6) is 11.5 Å². The number of aromatic hydroxyl groups is 1. The molecule has 1 unspecified atom stereocenters. The van der Waals surface area contributed by atoms with Gasteiger partial charge < -0.3 is 14.9 Å². The molecule has 2 N–H and O–H groups in total. The van der Waals surface area contributed by atoms with Gasteiger partial charge in [-0.15, -0.1) is 0 Å². The summed E-state index contributed by atoms with van der Waals surface area (Å²) in [7, 11) is 1.39. The molecule has 15 heavy (non-hydrogen) atoms. The SMILES string of the molecule is COc1cc(C(O)C(Cl)(Cl)Cl)ccc1O.